The fourth-order valence-electron chi connectivity index (χ4n) is 7.99. The van der Waals surface area contributed by atoms with Crippen molar-refractivity contribution in [2.75, 3.05) is 28.3 Å². The SMILES string of the molecule is CCC(C)C(C(CC(=O)CC1CCCC(C(OC)C(C)C(=S)NC(Cc2ccccc2)C(=O)O)C1C)OC)N(C)C(=O)C(NC(=O)C(C)(C)NC)C(C)C. The number of aliphatic carboxylic acids is 1. The normalized spacial score (nSPS) is 21.5. The van der Waals surface area contributed by atoms with Gasteiger partial charge in [0.05, 0.1) is 28.8 Å². The molecule has 0 radical (unpaired) electrons. The Morgan fingerprint density at radius 1 is 1.02 bits per heavy atom. The van der Waals surface area contributed by atoms with Crippen molar-refractivity contribution in [2.45, 2.75) is 136 Å². The van der Waals surface area contributed by atoms with Crippen LogP contribution in [0, 0.1) is 35.5 Å². The number of nitrogens with zero attached hydrogens (tertiary/aromatic N) is 1. The number of ether oxygens (including phenoxy) is 2. The second-order valence-electron chi connectivity index (χ2n) is 16.4. The van der Waals surface area contributed by atoms with Gasteiger partial charge in [0.15, 0.2) is 0 Å². The zero-order valence-corrected chi connectivity index (χ0v) is 35.8. The third-order valence-electron chi connectivity index (χ3n) is 12.1. The van der Waals surface area contributed by atoms with E-state index in [4.69, 9.17) is 21.7 Å². The average molecular weight is 775 g/mol. The standard InChI is InChI=1S/C42H70N4O7S/c1-13-26(4)36(46(10)39(48)35(25(2)3)45-41(51)42(7,8)43-9)34(52-11)24-31(47)23-30-20-17-21-32(27(30)5)37(53-12)28(6)38(54)44-33(40(49)50)22-29-18-15-14-16-19-29/h14-16,18-19,25-28,30,32-37,43H,13,17,20-24H2,1-12H3,(H,44,54)(H,45,51)(H,49,50). The molecule has 0 aromatic heterocycles. The molecule has 0 spiro atoms. The summed E-state index contributed by atoms with van der Waals surface area (Å²) in [6, 6.07) is 7.50. The average Bonchev–Trinajstić information content (AvgIpc) is 3.14. The summed E-state index contributed by atoms with van der Waals surface area (Å²) in [7, 11) is 6.73. The van der Waals surface area contributed by atoms with Gasteiger partial charge in [0, 0.05) is 46.4 Å². The highest BCUT2D eigenvalue weighted by molar-refractivity contribution is 7.80. The number of carbonyl (C=O) groups excluding carboxylic acids is 3. The number of nitrogens with one attached hydrogen (secondary N) is 3. The molecule has 0 bridgehead atoms. The van der Waals surface area contributed by atoms with E-state index in [9.17, 15) is 24.3 Å². The number of benzene rings is 1. The molecule has 0 heterocycles. The molecular formula is C42H70N4O7S. The molecule has 2 amide bonds. The molecule has 1 aliphatic rings. The summed E-state index contributed by atoms with van der Waals surface area (Å²) in [5.41, 5.74) is 0.0565. The van der Waals surface area contributed by atoms with Gasteiger partial charge in [-0.1, -0.05) is 96.9 Å². The lowest BCUT2D eigenvalue weighted by molar-refractivity contribution is -0.144. The summed E-state index contributed by atoms with van der Waals surface area (Å²) in [6.07, 6.45) is 3.63. The molecule has 1 aliphatic carbocycles. The van der Waals surface area contributed by atoms with Gasteiger partial charge in [-0.25, -0.2) is 4.79 Å². The molecule has 1 fully saturated rings. The van der Waals surface area contributed by atoms with Crippen molar-refractivity contribution in [1.29, 1.82) is 0 Å². The Morgan fingerprint density at radius 2 is 1.65 bits per heavy atom. The van der Waals surface area contributed by atoms with Crippen molar-refractivity contribution in [3.8, 4) is 0 Å². The molecule has 0 aliphatic heterocycles. The molecule has 306 valence electrons. The highest BCUT2D eigenvalue weighted by Gasteiger charge is 2.42. The van der Waals surface area contributed by atoms with Gasteiger partial charge in [-0.15, -0.1) is 0 Å². The number of amides is 2. The number of carbonyl (C=O) groups is 4. The smallest absolute Gasteiger partial charge is 0.326 e. The number of hydrogen-bond donors (Lipinski definition) is 4. The molecule has 4 N–H and O–H groups in total. The fraction of sp³-hybridized carbons (Fsp3) is 0.738. The van der Waals surface area contributed by atoms with Crippen LogP contribution in [-0.4, -0.2) is 103 Å². The summed E-state index contributed by atoms with van der Waals surface area (Å²) in [6.45, 7) is 15.7. The zero-order valence-electron chi connectivity index (χ0n) is 34.9. The van der Waals surface area contributed by atoms with Gasteiger partial charge in [0.2, 0.25) is 11.8 Å². The van der Waals surface area contributed by atoms with Crippen LogP contribution in [0.15, 0.2) is 30.3 Å². The number of rotatable bonds is 22. The number of methoxy groups -OCH3 is 2. The molecule has 10 atom stereocenters. The number of hydrogen-bond acceptors (Lipinski definition) is 8. The first-order valence-electron chi connectivity index (χ1n) is 19.8. The van der Waals surface area contributed by atoms with Gasteiger partial charge in [0.25, 0.3) is 0 Å². The number of thiocarbonyl (C=S) groups is 1. The van der Waals surface area contributed by atoms with E-state index in [2.05, 4.69) is 36.7 Å². The number of likely N-dealkylation sites (N-methyl/N-ethyl adjacent to an activating group) is 2. The van der Waals surface area contributed by atoms with E-state index < -0.39 is 29.7 Å². The Kier molecular flexibility index (Phi) is 19.2. The summed E-state index contributed by atoms with van der Waals surface area (Å²) < 4.78 is 12.1. The van der Waals surface area contributed by atoms with Gasteiger partial charge < -0.3 is 35.4 Å². The predicted molar refractivity (Wildman–Crippen MR) is 218 cm³/mol. The number of carboxylic acid groups (broad SMARTS) is 1. The molecular weight excluding hydrogens is 705 g/mol. The first-order chi connectivity index (χ1) is 25.3. The number of ketones is 1. The van der Waals surface area contributed by atoms with Gasteiger partial charge >= 0.3 is 5.97 Å². The summed E-state index contributed by atoms with van der Waals surface area (Å²) in [5, 5.41) is 19.0. The van der Waals surface area contributed by atoms with E-state index in [0.29, 0.717) is 17.8 Å². The lowest BCUT2D eigenvalue weighted by Crippen LogP contribution is -2.61. The Hall–Kier alpha value is -2.93. The minimum Gasteiger partial charge on any atom is -0.480 e. The Labute approximate surface area is 330 Å². The quantitative estimate of drug-likeness (QED) is 0.109. The van der Waals surface area contributed by atoms with Gasteiger partial charge in [-0.2, -0.15) is 0 Å². The maximum absolute atomic E-state index is 14.1. The minimum absolute atomic E-state index is 0.0294. The maximum atomic E-state index is 14.1. The monoisotopic (exact) mass is 774 g/mol. The van der Waals surface area contributed by atoms with Gasteiger partial charge in [-0.05, 0) is 68.9 Å². The number of Topliss-reactive ketones (excluding diaryl/α,β-unsaturated/α-hetero) is 1. The van der Waals surface area contributed by atoms with Crippen LogP contribution in [0.2, 0.25) is 0 Å². The molecule has 12 heteroatoms. The van der Waals surface area contributed by atoms with Crippen molar-refractivity contribution in [3.05, 3.63) is 35.9 Å². The topological polar surface area (TPSA) is 146 Å². The summed E-state index contributed by atoms with van der Waals surface area (Å²) >= 11 is 5.79. The van der Waals surface area contributed by atoms with Gasteiger partial charge in [-0.3, -0.25) is 14.4 Å². The first kappa shape index (κ1) is 47.2. The largest absolute Gasteiger partial charge is 0.480 e. The van der Waals surface area contributed by atoms with Crippen molar-refractivity contribution < 1.29 is 33.8 Å². The molecule has 1 aromatic rings. The molecule has 2 rings (SSSR count). The van der Waals surface area contributed by atoms with Crippen molar-refractivity contribution >= 4 is 40.8 Å². The van der Waals surface area contributed by atoms with Crippen LogP contribution < -0.4 is 16.0 Å². The molecule has 1 aromatic carbocycles. The van der Waals surface area contributed by atoms with E-state index >= 15 is 0 Å². The third kappa shape index (κ3) is 12.8. The van der Waals surface area contributed by atoms with Crippen LogP contribution in [0.4, 0.5) is 0 Å². The second kappa shape index (κ2) is 22.0. The maximum Gasteiger partial charge on any atom is 0.326 e. The predicted octanol–water partition coefficient (Wildman–Crippen LogP) is 5.68. The van der Waals surface area contributed by atoms with E-state index in [0.717, 1.165) is 31.2 Å². The molecule has 1 saturated carbocycles. The molecule has 0 saturated heterocycles. The second-order valence-corrected chi connectivity index (χ2v) is 16.8. The van der Waals surface area contributed by atoms with Crippen LogP contribution in [0.25, 0.3) is 0 Å². The zero-order chi connectivity index (χ0) is 40.9. The van der Waals surface area contributed by atoms with Crippen LogP contribution in [-0.2, 0) is 35.1 Å². The third-order valence-corrected chi connectivity index (χ3v) is 12.6. The Morgan fingerprint density at radius 3 is 2.17 bits per heavy atom. The van der Waals surface area contributed by atoms with Crippen LogP contribution in [0.5, 0.6) is 0 Å². The van der Waals surface area contributed by atoms with Crippen LogP contribution in [0.1, 0.15) is 99.5 Å². The highest BCUT2D eigenvalue weighted by Crippen LogP contribution is 2.41. The molecule has 10 unspecified atom stereocenters. The number of carboxylic acids is 1. The van der Waals surface area contributed by atoms with Gasteiger partial charge in [0.1, 0.15) is 17.9 Å². The van der Waals surface area contributed by atoms with E-state index in [1.54, 1.807) is 47.1 Å². The lowest BCUT2D eigenvalue weighted by atomic mass is 9.67. The lowest BCUT2D eigenvalue weighted by Gasteiger charge is -2.42. The van der Waals surface area contributed by atoms with Crippen LogP contribution in [0.3, 0.4) is 0 Å². The van der Waals surface area contributed by atoms with E-state index in [-0.39, 0.29) is 71.7 Å². The Bertz CT molecular complexity index is 1380. The molecule has 54 heavy (non-hydrogen) atoms. The molecule has 11 nitrogen and oxygen atoms in total. The fourth-order valence-corrected chi connectivity index (χ4v) is 8.27. The van der Waals surface area contributed by atoms with Crippen molar-refractivity contribution in [1.82, 2.24) is 20.9 Å². The summed E-state index contributed by atoms with van der Waals surface area (Å²) in [4.78, 5) is 55.4. The Balaban J connectivity index is 2.19. The van der Waals surface area contributed by atoms with Crippen molar-refractivity contribution in [2.24, 2.45) is 35.5 Å². The van der Waals surface area contributed by atoms with E-state index in [1.807, 2.05) is 51.1 Å². The highest BCUT2D eigenvalue weighted by atomic mass is 32.1. The first-order valence-corrected chi connectivity index (χ1v) is 20.2. The summed E-state index contributed by atoms with van der Waals surface area (Å²) in [5.74, 6) is -1.32. The van der Waals surface area contributed by atoms with Crippen LogP contribution >= 0.6 is 12.2 Å². The minimum atomic E-state index is -0.965. The van der Waals surface area contributed by atoms with Crippen molar-refractivity contribution in [3.63, 3.8) is 0 Å². The van der Waals surface area contributed by atoms with E-state index in [1.165, 1.54) is 0 Å².